The van der Waals surface area contributed by atoms with Gasteiger partial charge >= 0.3 is 0 Å². The maximum Gasteiger partial charge on any atom is 0.271 e. The van der Waals surface area contributed by atoms with Crippen LogP contribution >= 0.6 is 23.4 Å². The molecule has 158 valence electrons. The van der Waals surface area contributed by atoms with Gasteiger partial charge in [0.05, 0.1) is 6.21 Å². The van der Waals surface area contributed by atoms with Gasteiger partial charge in [-0.05, 0) is 76.7 Å². The maximum absolute atomic E-state index is 12.5. The molecule has 1 amide bonds. The number of benzene rings is 4. The second-order valence-corrected chi connectivity index (χ2v) is 9.28. The van der Waals surface area contributed by atoms with E-state index in [4.69, 9.17) is 11.6 Å². The molecule has 0 unspecified atom stereocenters. The average Bonchev–Trinajstić information content (AvgIpc) is 3.25. The minimum atomic E-state index is -0.218. The van der Waals surface area contributed by atoms with Crippen molar-refractivity contribution in [3.8, 4) is 0 Å². The standard InChI is InChI=1S/C27H21ClN2OS/c28-23-12-14-24(15-13-23)32-17-18-4-6-21(7-5-18)27(31)30-29-16-22-11-10-20-9-8-19-2-1-3-25(22)26(19)20/h1-7,10-16H,8-9,17H2,(H,30,31)/b29-16-. The van der Waals surface area contributed by atoms with E-state index in [-0.39, 0.29) is 5.91 Å². The number of hydrogen-bond donors (Lipinski definition) is 1. The predicted molar refractivity (Wildman–Crippen MR) is 134 cm³/mol. The van der Waals surface area contributed by atoms with E-state index in [0.717, 1.165) is 39.6 Å². The van der Waals surface area contributed by atoms with Gasteiger partial charge in [-0.1, -0.05) is 54.1 Å². The van der Waals surface area contributed by atoms with E-state index in [0.29, 0.717) is 5.56 Å². The highest BCUT2D eigenvalue weighted by molar-refractivity contribution is 7.98. The quantitative estimate of drug-likeness (QED) is 0.200. The van der Waals surface area contributed by atoms with Crippen LogP contribution in [0.2, 0.25) is 5.02 Å². The van der Waals surface area contributed by atoms with Gasteiger partial charge in [0.1, 0.15) is 0 Å². The Morgan fingerprint density at radius 2 is 1.69 bits per heavy atom. The molecule has 3 nitrogen and oxygen atoms in total. The fraction of sp³-hybridized carbons (Fsp3) is 0.111. The lowest BCUT2D eigenvalue weighted by Crippen LogP contribution is -2.17. The van der Waals surface area contributed by atoms with Gasteiger partial charge in [0.2, 0.25) is 0 Å². The minimum Gasteiger partial charge on any atom is -0.267 e. The van der Waals surface area contributed by atoms with Crippen LogP contribution in [0, 0.1) is 0 Å². The molecule has 0 aromatic heterocycles. The second kappa shape index (κ2) is 9.19. The molecule has 32 heavy (non-hydrogen) atoms. The van der Waals surface area contributed by atoms with Gasteiger partial charge in [-0.15, -0.1) is 11.8 Å². The fourth-order valence-electron chi connectivity index (χ4n) is 4.06. The van der Waals surface area contributed by atoms with Crippen LogP contribution in [0.15, 0.2) is 88.9 Å². The summed E-state index contributed by atoms with van der Waals surface area (Å²) in [5.74, 6) is 0.608. The van der Waals surface area contributed by atoms with Gasteiger partial charge in [-0.2, -0.15) is 5.10 Å². The van der Waals surface area contributed by atoms with Crippen molar-refractivity contribution >= 4 is 46.3 Å². The third-order valence-corrected chi connectivity index (χ3v) is 7.05. The van der Waals surface area contributed by atoms with E-state index in [2.05, 4.69) is 40.9 Å². The number of thioether (sulfide) groups is 1. The lowest BCUT2D eigenvalue weighted by Gasteiger charge is -2.06. The van der Waals surface area contributed by atoms with Crippen LogP contribution in [0.3, 0.4) is 0 Å². The highest BCUT2D eigenvalue weighted by Gasteiger charge is 2.15. The molecule has 1 N–H and O–H groups in total. The third-order valence-electron chi connectivity index (χ3n) is 5.72. The molecule has 0 atom stereocenters. The monoisotopic (exact) mass is 456 g/mol. The first-order chi connectivity index (χ1) is 15.7. The van der Waals surface area contributed by atoms with Crippen LogP contribution in [0.5, 0.6) is 0 Å². The van der Waals surface area contributed by atoms with Crippen LogP contribution in [-0.4, -0.2) is 12.1 Å². The molecule has 5 rings (SSSR count). The normalized spacial score (nSPS) is 12.5. The van der Waals surface area contributed by atoms with E-state index >= 15 is 0 Å². The van der Waals surface area contributed by atoms with Crippen molar-refractivity contribution in [2.24, 2.45) is 5.10 Å². The van der Waals surface area contributed by atoms with Crippen LogP contribution in [-0.2, 0) is 18.6 Å². The Kier molecular flexibility index (Phi) is 5.97. The summed E-state index contributed by atoms with van der Waals surface area (Å²) in [6, 6.07) is 26.1. The Balaban J connectivity index is 1.22. The molecule has 1 aliphatic carbocycles. The number of hydrazone groups is 1. The van der Waals surface area contributed by atoms with E-state index in [1.54, 1.807) is 18.0 Å². The van der Waals surface area contributed by atoms with Crippen molar-refractivity contribution in [2.75, 3.05) is 0 Å². The highest BCUT2D eigenvalue weighted by Crippen LogP contribution is 2.32. The molecule has 0 saturated carbocycles. The first-order valence-electron chi connectivity index (χ1n) is 10.5. The van der Waals surface area contributed by atoms with E-state index in [1.165, 1.54) is 21.9 Å². The van der Waals surface area contributed by atoms with Crippen LogP contribution in [0.25, 0.3) is 10.8 Å². The van der Waals surface area contributed by atoms with Gasteiger partial charge in [0.25, 0.3) is 5.91 Å². The van der Waals surface area contributed by atoms with Crippen molar-refractivity contribution in [2.45, 2.75) is 23.5 Å². The zero-order valence-corrected chi connectivity index (χ0v) is 18.9. The maximum atomic E-state index is 12.5. The summed E-state index contributed by atoms with van der Waals surface area (Å²) in [5, 5.41) is 7.49. The molecular formula is C27H21ClN2OS. The first kappa shape index (κ1) is 20.8. The summed E-state index contributed by atoms with van der Waals surface area (Å²) in [6.07, 6.45) is 3.92. The topological polar surface area (TPSA) is 41.5 Å². The largest absolute Gasteiger partial charge is 0.271 e. The molecule has 4 aromatic rings. The van der Waals surface area contributed by atoms with Gasteiger partial charge in [0.15, 0.2) is 0 Å². The summed E-state index contributed by atoms with van der Waals surface area (Å²) in [6.45, 7) is 0. The van der Waals surface area contributed by atoms with E-state index < -0.39 is 0 Å². The van der Waals surface area contributed by atoms with Crippen LogP contribution in [0.1, 0.15) is 32.6 Å². The van der Waals surface area contributed by atoms with Gasteiger partial charge in [-0.3, -0.25) is 4.79 Å². The van der Waals surface area contributed by atoms with Crippen molar-refractivity contribution in [1.29, 1.82) is 0 Å². The lowest BCUT2D eigenvalue weighted by molar-refractivity contribution is 0.0955. The van der Waals surface area contributed by atoms with E-state index in [1.807, 2.05) is 48.5 Å². The highest BCUT2D eigenvalue weighted by atomic mass is 35.5. The predicted octanol–water partition coefficient (Wildman–Crippen LogP) is 6.65. The van der Waals surface area contributed by atoms with Crippen molar-refractivity contribution in [1.82, 2.24) is 5.43 Å². The first-order valence-corrected chi connectivity index (χ1v) is 11.9. The molecule has 5 heteroatoms. The SMILES string of the molecule is O=C(N/N=C\c1ccc2c3c(cccc13)CC2)c1ccc(CSc2ccc(Cl)cc2)cc1. The molecule has 0 fully saturated rings. The summed E-state index contributed by atoms with van der Waals surface area (Å²) < 4.78 is 0. The van der Waals surface area contributed by atoms with Gasteiger partial charge in [-0.25, -0.2) is 5.43 Å². The molecule has 0 heterocycles. The summed E-state index contributed by atoms with van der Waals surface area (Å²) in [4.78, 5) is 13.7. The van der Waals surface area contributed by atoms with Crippen LogP contribution < -0.4 is 5.43 Å². The van der Waals surface area contributed by atoms with Gasteiger partial charge in [0, 0.05) is 26.8 Å². The second-order valence-electron chi connectivity index (χ2n) is 7.79. The minimum absolute atomic E-state index is 0.218. The van der Waals surface area contributed by atoms with Crippen molar-refractivity contribution in [3.63, 3.8) is 0 Å². The number of nitrogens with one attached hydrogen (secondary N) is 1. The Morgan fingerprint density at radius 3 is 2.47 bits per heavy atom. The molecular weight excluding hydrogens is 436 g/mol. The van der Waals surface area contributed by atoms with Gasteiger partial charge < -0.3 is 0 Å². The Labute approximate surface area is 196 Å². The zero-order valence-electron chi connectivity index (χ0n) is 17.3. The molecule has 0 spiro atoms. The number of nitrogens with zero attached hydrogens (tertiary/aromatic N) is 1. The number of carbonyl (C=O) groups is 1. The number of aryl methyl sites for hydroxylation is 2. The number of carbonyl (C=O) groups excluding carboxylic acids is 1. The Hall–Kier alpha value is -3.08. The van der Waals surface area contributed by atoms with E-state index in [9.17, 15) is 4.79 Å². The number of rotatable bonds is 6. The smallest absolute Gasteiger partial charge is 0.267 e. The number of halogens is 1. The Bertz CT molecular complexity index is 1300. The molecule has 0 saturated heterocycles. The zero-order chi connectivity index (χ0) is 21.9. The molecule has 4 aromatic carbocycles. The van der Waals surface area contributed by atoms with Crippen LogP contribution in [0.4, 0.5) is 0 Å². The third kappa shape index (κ3) is 4.43. The average molecular weight is 457 g/mol. The summed E-state index contributed by atoms with van der Waals surface area (Å²) in [5.41, 5.74) is 8.19. The molecule has 0 bridgehead atoms. The number of amides is 1. The fourth-order valence-corrected chi connectivity index (χ4v) is 5.04. The Morgan fingerprint density at radius 1 is 0.938 bits per heavy atom. The molecule has 0 aliphatic heterocycles. The lowest BCUT2D eigenvalue weighted by atomic mass is 10.0. The molecule has 0 radical (unpaired) electrons. The van der Waals surface area contributed by atoms with Crippen molar-refractivity contribution in [3.05, 3.63) is 112 Å². The molecule has 1 aliphatic rings. The van der Waals surface area contributed by atoms with Crippen molar-refractivity contribution < 1.29 is 4.79 Å². The summed E-state index contributed by atoms with van der Waals surface area (Å²) >= 11 is 7.66. The number of hydrogen-bond acceptors (Lipinski definition) is 3. The summed E-state index contributed by atoms with van der Waals surface area (Å²) in [7, 11) is 0.